The number of rotatable bonds is 7. The molecule has 19 heavy (non-hydrogen) atoms. The molecule has 1 rings (SSSR count). The first-order chi connectivity index (χ1) is 8.92. The number of aromatic nitrogens is 2. The van der Waals surface area contributed by atoms with Gasteiger partial charge in [0.2, 0.25) is 5.95 Å². The molecule has 0 aliphatic heterocycles. The molecule has 5 heteroatoms. The molecular weight excluding hydrogens is 238 g/mol. The van der Waals surface area contributed by atoms with Gasteiger partial charge in [0, 0.05) is 31.9 Å². The van der Waals surface area contributed by atoms with Crippen molar-refractivity contribution >= 4 is 5.95 Å². The molecule has 0 radical (unpaired) electrons. The van der Waals surface area contributed by atoms with Crippen LogP contribution in [0, 0.1) is 12.8 Å². The van der Waals surface area contributed by atoms with E-state index in [0.717, 1.165) is 37.0 Å². The second-order valence-electron chi connectivity index (χ2n) is 5.65. The van der Waals surface area contributed by atoms with Gasteiger partial charge in [0.1, 0.15) is 0 Å². The molecule has 0 spiro atoms. The van der Waals surface area contributed by atoms with Crippen LogP contribution in [-0.4, -0.2) is 48.6 Å². The van der Waals surface area contributed by atoms with Gasteiger partial charge < -0.3 is 15.5 Å². The van der Waals surface area contributed by atoms with Crippen LogP contribution in [0.1, 0.15) is 25.2 Å². The molecule has 0 aliphatic carbocycles. The second kappa shape index (κ2) is 7.40. The van der Waals surface area contributed by atoms with Gasteiger partial charge in [0.05, 0.1) is 5.69 Å². The number of anilines is 1. The first-order valence-electron chi connectivity index (χ1n) is 6.86. The van der Waals surface area contributed by atoms with Gasteiger partial charge in [0.25, 0.3) is 0 Å². The zero-order valence-corrected chi connectivity index (χ0v) is 12.8. The third-order valence-corrected chi connectivity index (χ3v) is 2.79. The minimum Gasteiger partial charge on any atom is -0.339 e. The fraction of sp³-hybridized carbons (Fsp3) is 0.714. The number of aryl methyl sites for hydroxylation is 1. The summed E-state index contributed by atoms with van der Waals surface area (Å²) in [5.41, 5.74) is 7.57. The summed E-state index contributed by atoms with van der Waals surface area (Å²) in [4.78, 5) is 13.5. The summed E-state index contributed by atoms with van der Waals surface area (Å²) in [6.07, 6.45) is 0. The van der Waals surface area contributed by atoms with E-state index < -0.39 is 0 Å². The zero-order valence-electron chi connectivity index (χ0n) is 12.8. The highest BCUT2D eigenvalue weighted by atomic mass is 15.3. The van der Waals surface area contributed by atoms with Crippen LogP contribution in [0.25, 0.3) is 0 Å². The summed E-state index contributed by atoms with van der Waals surface area (Å²) < 4.78 is 0. The summed E-state index contributed by atoms with van der Waals surface area (Å²) in [5, 5.41) is 0. The summed E-state index contributed by atoms with van der Waals surface area (Å²) in [6, 6.07) is 1.95. The van der Waals surface area contributed by atoms with E-state index in [9.17, 15) is 0 Å². The lowest BCUT2D eigenvalue weighted by Crippen LogP contribution is -2.35. The molecule has 1 aromatic rings. The lowest BCUT2D eigenvalue weighted by Gasteiger charge is -2.26. The van der Waals surface area contributed by atoms with E-state index in [1.165, 1.54) is 0 Å². The Morgan fingerprint density at radius 1 is 1.21 bits per heavy atom. The van der Waals surface area contributed by atoms with Crippen molar-refractivity contribution in [3.63, 3.8) is 0 Å². The summed E-state index contributed by atoms with van der Waals surface area (Å²) in [7, 11) is 4.16. The fourth-order valence-corrected chi connectivity index (χ4v) is 1.90. The van der Waals surface area contributed by atoms with Crippen molar-refractivity contribution in [1.29, 1.82) is 0 Å². The highest BCUT2D eigenvalue weighted by Crippen LogP contribution is 2.12. The Morgan fingerprint density at radius 3 is 2.42 bits per heavy atom. The molecule has 0 atom stereocenters. The molecule has 1 heterocycles. The summed E-state index contributed by atoms with van der Waals surface area (Å²) in [5.74, 6) is 1.38. The highest BCUT2D eigenvalue weighted by molar-refractivity contribution is 5.32. The molecule has 0 saturated heterocycles. The van der Waals surface area contributed by atoms with Crippen molar-refractivity contribution in [1.82, 2.24) is 14.9 Å². The molecule has 0 amide bonds. The van der Waals surface area contributed by atoms with E-state index in [0.29, 0.717) is 12.5 Å². The largest absolute Gasteiger partial charge is 0.339 e. The van der Waals surface area contributed by atoms with Gasteiger partial charge in [-0.15, -0.1) is 0 Å². The molecule has 108 valence electrons. The van der Waals surface area contributed by atoms with E-state index in [-0.39, 0.29) is 0 Å². The Bertz CT molecular complexity index is 389. The van der Waals surface area contributed by atoms with Crippen molar-refractivity contribution in [3.05, 3.63) is 17.5 Å². The fourth-order valence-electron chi connectivity index (χ4n) is 1.90. The van der Waals surface area contributed by atoms with Crippen molar-refractivity contribution in [2.45, 2.75) is 27.3 Å². The van der Waals surface area contributed by atoms with Gasteiger partial charge in [-0.2, -0.15) is 0 Å². The average molecular weight is 265 g/mol. The lowest BCUT2D eigenvalue weighted by atomic mass is 10.2. The molecule has 0 unspecified atom stereocenters. The molecule has 0 bridgehead atoms. The predicted molar refractivity (Wildman–Crippen MR) is 80.3 cm³/mol. The zero-order chi connectivity index (χ0) is 14.4. The molecule has 0 saturated carbocycles. The van der Waals surface area contributed by atoms with Crippen molar-refractivity contribution < 1.29 is 0 Å². The number of nitrogens with zero attached hydrogens (tertiary/aromatic N) is 4. The number of hydrogen-bond donors (Lipinski definition) is 1. The van der Waals surface area contributed by atoms with Gasteiger partial charge in [-0.1, -0.05) is 13.8 Å². The Labute approximate surface area is 116 Å². The topological polar surface area (TPSA) is 58.3 Å². The van der Waals surface area contributed by atoms with Crippen LogP contribution in [0.15, 0.2) is 6.07 Å². The maximum Gasteiger partial charge on any atom is 0.225 e. The molecule has 0 fully saturated rings. The maximum absolute atomic E-state index is 5.69. The van der Waals surface area contributed by atoms with E-state index >= 15 is 0 Å². The van der Waals surface area contributed by atoms with E-state index in [1.807, 2.05) is 13.0 Å². The highest BCUT2D eigenvalue weighted by Gasteiger charge is 2.13. The molecule has 0 aliphatic rings. The van der Waals surface area contributed by atoms with Crippen LogP contribution in [0.4, 0.5) is 5.95 Å². The minimum atomic E-state index is 0.458. The van der Waals surface area contributed by atoms with Crippen LogP contribution in [-0.2, 0) is 6.54 Å². The van der Waals surface area contributed by atoms with Crippen molar-refractivity contribution in [2.24, 2.45) is 11.7 Å². The Hall–Kier alpha value is -1.20. The third kappa shape index (κ3) is 5.53. The van der Waals surface area contributed by atoms with Crippen LogP contribution in [0.3, 0.4) is 0 Å². The summed E-state index contributed by atoms with van der Waals surface area (Å²) in [6.45, 7) is 9.75. The lowest BCUT2D eigenvalue weighted by molar-refractivity contribution is 0.407. The SMILES string of the molecule is Cc1cc(CN)nc(N(CCN(C)C)CC(C)C)n1. The number of likely N-dealkylation sites (N-methyl/N-ethyl adjacent to an activating group) is 1. The van der Waals surface area contributed by atoms with E-state index in [2.05, 4.69) is 47.7 Å². The predicted octanol–water partition coefficient (Wildman–Crippen LogP) is 1.27. The smallest absolute Gasteiger partial charge is 0.225 e. The number of nitrogens with two attached hydrogens (primary N) is 1. The van der Waals surface area contributed by atoms with Crippen LogP contribution >= 0.6 is 0 Å². The van der Waals surface area contributed by atoms with Gasteiger partial charge in [-0.3, -0.25) is 0 Å². The quantitative estimate of drug-likeness (QED) is 0.804. The first-order valence-corrected chi connectivity index (χ1v) is 6.86. The van der Waals surface area contributed by atoms with Gasteiger partial charge in [-0.25, -0.2) is 9.97 Å². The maximum atomic E-state index is 5.69. The molecule has 1 aromatic heterocycles. The van der Waals surface area contributed by atoms with Crippen LogP contribution in [0.2, 0.25) is 0 Å². The van der Waals surface area contributed by atoms with Gasteiger partial charge in [-0.05, 0) is 33.0 Å². The van der Waals surface area contributed by atoms with Crippen molar-refractivity contribution in [3.8, 4) is 0 Å². The molecule has 0 aromatic carbocycles. The van der Waals surface area contributed by atoms with E-state index in [1.54, 1.807) is 0 Å². The van der Waals surface area contributed by atoms with Gasteiger partial charge >= 0.3 is 0 Å². The van der Waals surface area contributed by atoms with Crippen LogP contribution < -0.4 is 10.6 Å². The molecule has 2 N–H and O–H groups in total. The average Bonchev–Trinajstić information content (AvgIpc) is 2.32. The van der Waals surface area contributed by atoms with Crippen LogP contribution in [0.5, 0.6) is 0 Å². The Kier molecular flexibility index (Phi) is 6.18. The monoisotopic (exact) mass is 265 g/mol. The van der Waals surface area contributed by atoms with E-state index in [4.69, 9.17) is 5.73 Å². The standard InChI is InChI=1S/C14H27N5/c1-11(2)10-19(7-6-18(4)5)14-16-12(3)8-13(9-15)17-14/h8,11H,6-7,9-10,15H2,1-5H3. The van der Waals surface area contributed by atoms with Crippen molar-refractivity contribution in [2.75, 3.05) is 38.6 Å². The first kappa shape index (κ1) is 15.9. The minimum absolute atomic E-state index is 0.458. The third-order valence-electron chi connectivity index (χ3n) is 2.79. The van der Waals surface area contributed by atoms with Gasteiger partial charge in [0.15, 0.2) is 0 Å². The summed E-state index contributed by atoms with van der Waals surface area (Å²) >= 11 is 0. The normalized spacial score (nSPS) is 11.4. The number of hydrogen-bond acceptors (Lipinski definition) is 5. The Balaban J connectivity index is 2.91. The molecule has 5 nitrogen and oxygen atoms in total. The second-order valence-corrected chi connectivity index (χ2v) is 5.65. The molecular formula is C14H27N5. The Morgan fingerprint density at radius 2 is 1.89 bits per heavy atom.